The number of nitrogens with one attached hydrogen (secondary N) is 2. The summed E-state index contributed by atoms with van der Waals surface area (Å²) in [5.41, 5.74) is 0.993. The molecular formula is C18H26N4O3. The Bertz CT molecular complexity index is 667. The summed E-state index contributed by atoms with van der Waals surface area (Å²) in [6, 6.07) is 7.20. The average molecular weight is 346 g/mol. The molecule has 0 atom stereocenters. The Morgan fingerprint density at radius 2 is 1.92 bits per heavy atom. The Balaban J connectivity index is 2.05. The van der Waals surface area contributed by atoms with Gasteiger partial charge in [-0.3, -0.25) is 24.2 Å². The third-order valence-corrected chi connectivity index (χ3v) is 3.76. The van der Waals surface area contributed by atoms with Gasteiger partial charge in [-0.25, -0.2) is 0 Å². The van der Waals surface area contributed by atoms with E-state index in [2.05, 4.69) is 10.6 Å². The van der Waals surface area contributed by atoms with Crippen LogP contribution in [-0.2, 0) is 14.4 Å². The lowest BCUT2D eigenvalue weighted by molar-refractivity contribution is -0.126. The van der Waals surface area contributed by atoms with Crippen LogP contribution in [0.3, 0.4) is 0 Å². The minimum Gasteiger partial charge on any atom is -0.350 e. The van der Waals surface area contributed by atoms with E-state index < -0.39 is 0 Å². The van der Waals surface area contributed by atoms with Crippen LogP contribution in [0.5, 0.6) is 0 Å². The summed E-state index contributed by atoms with van der Waals surface area (Å²) in [4.78, 5) is 39.9. The quantitative estimate of drug-likeness (QED) is 0.840. The third-order valence-electron chi connectivity index (χ3n) is 3.76. The number of fused-ring (bicyclic) bond motifs is 1. The van der Waals surface area contributed by atoms with Crippen molar-refractivity contribution in [3.63, 3.8) is 0 Å². The molecule has 7 nitrogen and oxygen atoms in total. The minimum atomic E-state index is -0.315. The molecule has 136 valence electrons. The van der Waals surface area contributed by atoms with Gasteiger partial charge in [0, 0.05) is 5.54 Å². The molecule has 2 N–H and O–H groups in total. The fourth-order valence-electron chi connectivity index (χ4n) is 2.67. The number of anilines is 2. The molecule has 25 heavy (non-hydrogen) atoms. The van der Waals surface area contributed by atoms with Gasteiger partial charge in [-0.15, -0.1) is 0 Å². The molecule has 2 rings (SSSR count). The van der Waals surface area contributed by atoms with Gasteiger partial charge in [0.15, 0.2) is 0 Å². The van der Waals surface area contributed by atoms with E-state index in [0.29, 0.717) is 17.9 Å². The number of nitrogens with zero attached hydrogens (tertiary/aromatic N) is 2. The van der Waals surface area contributed by atoms with E-state index >= 15 is 0 Å². The van der Waals surface area contributed by atoms with Gasteiger partial charge in [0.25, 0.3) is 0 Å². The van der Waals surface area contributed by atoms with Crippen LogP contribution in [0, 0.1) is 0 Å². The van der Waals surface area contributed by atoms with Gasteiger partial charge in [-0.05, 0) is 39.4 Å². The monoisotopic (exact) mass is 346 g/mol. The topological polar surface area (TPSA) is 81.8 Å². The lowest BCUT2D eigenvalue weighted by atomic mass is 10.1. The minimum absolute atomic E-state index is 0.0123. The van der Waals surface area contributed by atoms with Crippen LogP contribution in [0.15, 0.2) is 24.3 Å². The zero-order valence-corrected chi connectivity index (χ0v) is 15.3. The van der Waals surface area contributed by atoms with Crippen LogP contribution < -0.4 is 15.5 Å². The van der Waals surface area contributed by atoms with Gasteiger partial charge in [-0.2, -0.15) is 0 Å². The van der Waals surface area contributed by atoms with Gasteiger partial charge >= 0.3 is 0 Å². The molecule has 0 radical (unpaired) electrons. The molecule has 1 heterocycles. The van der Waals surface area contributed by atoms with Crippen molar-refractivity contribution in [2.75, 3.05) is 36.4 Å². The van der Waals surface area contributed by atoms with Crippen molar-refractivity contribution in [1.82, 2.24) is 10.2 Å². The van der Waals surface area contributed by atoms with E-state index in [4.69, 9.17) is 0 Å². The largest absolute Gasteiger partial charge is 0.350 e. The second-order valence-electron chi connectivity index (χ2n) is 7.15. The fourth-order valence-corrected chi connectivity index (χ4v) is 2.67. The van der Waals surface area contributed by atoms with Crippen LogP contribution in [0.4, 0.5) is 11.4 Å². The van der Waals surface area contributed by atoms with Crippen molar-refractivity contribution in [3.8, 4) is 0 Å². The lowest BCUT2D eigenvalue weighted by Gasteiger charge is -2.31. The van der Waals surface area contributed by atoms with Crippen molar-refractivity contribution in [2.24, 2.45) is 0 Å². The van der Waals surface area contributed by atoms with Crippen molar-refractivity contribution in [2.45, 2.75) is 33.2 Å². The molecular weight excluding hydrogens is 320 g/mol. The number of amides is 3. The molecule has 1 aromatic carbocycles. The first-order valence-electron chi connectivity index (χ1n) is 8.42. The van der Waals surface area contributed by atoms with Crippen molar-refractivity contribution in [1.29, 1.82) is 0 Å². The first-order chi connectivity index (χ1) is 11.7. The maximum atomic E-state index is 12.7. The highest BCUT2D eigenvalue weighted by atomic mass is 16.2. The van der Waals surface area contributed by atoms with Crippen molar-refractivity contribution in [3.05, 3.63) is 24.3 Å². The normalized spacial score (nSPS) is 14.1. The Hall–Kier alpha value is -2.41. The number of para-hydroxylation sites is 2. The molecule has 7 heteroatoms. The second-order valence-corrected chi connectivity index (χ2v) is 7.15. The van der Waals surface area contributed by atoms with Gasteiger partial charge in [0.2, 0.25) is 17.7 Å². The summed E-state index contributed by atoms with van der Waals surface area (Å²) in [7, 11) is 0. The summed E-state index contributed by atoms with van der Waals surface area (Å²) in [5.74, 6) is -0.549. The van der Waals surface area contributed by atoms with Crippen LogP contribution in [-0.4, -0.2) is 54.3 Å². The van der Waals surface area contributed by atoms with Gasteiger partial charge in [0.1, 0.15) is 6.54 Å². The number of likely N-dealkylation sites (N-methyl/N-ethyl adjacent to an activating group) is 1. The summed E-state index contributed by atoms with van der Waals surface area (Å²) in [6.07, 6.45) is 0. The van der Waals surface area contributed by atoms with E-state index in [-0.39, 0.29) is 42.9 Å². The zero-order chi connectivity index (χ0) is 18.6. The van der Waals surface area contributed by atoms with Crippen molar-refractivity contribution >= 4 is 29.1 Å². The molecule has 0 saturated heterocycles. The number of hydrogen-bond acceptors (Lipinski definition) is 4. The zero-order valence-electron chi connectivity index (χ0n) is 15.3. The Labute approximate surface area is 148 Å². The number of rotatable bonds is 5. The second kappa shape index (κ2) is 7.65. The summed E-state index contributed by atoms with van der Waals surface area (Å²) >= 11 is 0. The molecule has 0 aromatic heterocycles. The summed E-state index contributed by atoms with van der Waals surface area (Å²) in [5, 5.41) is 5.65. The average Bonchev–Trinajstić information content (AvgIpc) is 2.51. The molecule has 1 aromatic rings. The first kappa shape index (κ1) is 18.9. The van der Waals surface area contributed by atoms with Gasteiger partial charge < -0.3 is 10.6 Å². The molecule has 3 amide bonds. The number of benzene rings is 1. The van der Waals surface area contributed by atoms with E-state index in [1.165, 1.54) is 4.90 Å². The molecule has 1 aliphatic rings. The van der Waals surface area contributed by atoms with E-state index in [1.54, 1.807) is 17.0 Å². The summed E-state index contributed by atoms with van der Waals surface area (Å²) < 4.78 is 0. The smallest absolute Gasteiger partial charge is 0.244 e. The maximum absolute atomic E-state index is 12.7. The number of carbonyl (C=O) groups excluding carboxylic acids is 3. The molecule has 1 aliphatic heterocycles. The van der Waals surface area contributed by atoms with Gasteiger partial charge in [0.05, 0.1) is 24.5 Å². The molecule has 0 bridgehead atoms. The fraction of sp³-hybridized carbons (Fsp3) is 0.500. The lowest BCUT2D eigenvalue weighted by Crippen LogP contribution is -2.50. The van der Waals surface area contributed by atoms with Crippen LogP contribution in [0.25, 0.3) is 0 Å². The molecule has 0 aliphatic carbocycles. The Kier molecular flexibility index (Phi) is 5.79. The van der Waals surface area contributed by atoms with Crippen LogP contribution in [0.2, 0.25) is 0 Å². The van der Waals surface area contributed by atoms with E-state index in [9.17, 15) is 14.4 Å². The van der Waals surface area contributed by atoms with Gasteiger partial charge in [-0.1, -0.05) is 19.1 Å². The molecule has 0 unspecified atom stereocenters. The Morgan fingerprint density at radius 1 is 1.24 bits per heavy atom. The van der Waals surface area contributed by atoms with E-state index in [1.807, 2.05) is 39.8 Å². The number of carbonyl (C=O) groups is 3. The number of hydrogen-bond donors (Lipinski definition) is 2. The highest BCUT2D eigenvalue weighted by molar-refractivity contribution is 6.10. The highest BCUT2D eigenvalue weighted by Gasteiger charge is 2.28. The molecule has 0 saturated carbocycles. The first-order valence-corrected chi connectivity index (χ1v) is 8.42. The predicted octanol–water partition coefficient (Wildman–Crippen LogP) is 1.21. The Morgan fingerprint density at radius 3 is 2.56 bits per heavy atom. The van der Waals surface area contributed by atoms with E-state index in [0.717, 1.165) is 0 Å². The van der Waals surface area contributed by atoms with Crippen LogP contribution >= 0.6 is 0 Å². The SMILES string of the molecule is CCN(CC(=O)NC(C)(C)C)CC(=O)N1CC(=O)Nc2ccccc21. The summed E-state index contributed by atoms with van der Waals surface area (Å²) in [6.45, 7) is 8.40. The standard InChI is InChI=1S/C18H26N4O3/c1-5-21(10-16(24)20-18(2,3)4)12-17(25)22-11-15(23)19-13-8-6-7-9-14(13)22/h6-9H,5,10-12H2,1-4H3,(H,19,23)(H,20,24). The molecule has 0 fully saturated rings. The maximum Gasteiger partial charge on any atom is 0.244 e. The van der Waals surface area contributed by atoms with Crippen LogP contribution in [0.1, 0.15) is 27.7 Å². The highest BCUT2D eigenvalue weighted by Crippen LogP contribution is 2.28. The predicted molar refractivity (Wildman–Crippen MR) is 97.4 cm³/mol. The molecule has 0 spiro atoms. The third kappa shape index (κ3) is 5.29. The van der Waals surface area contributed by atoms with Crippen molar-refractivity contribution < 1.29 is 14.4 Å².